The third kappa shape index (κ3) is 2.07. The molecule has 11 heavy (non-hydrogen) atoms. The highest BCUT2D eigenvalue weighted by Gasteiger charge is 2.23. The Morgan fingerprint density at radius 1 is 1.55 bits per heavy atom. The van der Waals surface area contributed by atoms with Crippen LogP contribution in [0.4, 0.5) is 0 Å². The molecule has 0 aromatic carbocycles. The van der Waals surface area contributed by atoms with Crippen molar-refractivity contribution >= 4 is 5.91 Å². The van der Waals surface area contributed by atoms with Crippen LogP contribution >= 0.6 is 0 Å². The van der Waals surface area contributed by atoms with Gasteiger partial charge in [-0.25, -0.2) is 0 Å². The number of carbonyl (C=O) groups is 1. The van der Waals surface area contributed by atoms with E-state index < -0.39 is 0 Å². The first-order chi connectivity index (χ1) is 5.24. The van der Waals surface area contributed by atoms with E-state index in [9.17, 15) is 4.79 Å². The highest BCUT2D eigenvalue weighted by Crippen LogP contribution is 2.29. The van der Waals surface area contributed by atoms with Gasteiger partial charge in [-0.1, -0.05) is 12.5 Å². The summed E-state index contributed by atoms with van der Waals surface area (Å²) < 4.78 is 0. The van der Waals surface area contributed by atoms with E-state index >= 15 is 0 Å². The van der Waals surface area contributed by atoms with Gasteiger partial charge in [-0.2, -0.15) is 0 Å². The topological polar surface area (TPSA) is 43.1 Å². The number of primary amides is 1. The maximum atomic E-state index is 10.8. The molecule has 0 aromatic rings. The fraction of sp³-hybridized carbons (Fsp3) is 0.667. The second-order valence-corrected chi connectivity index (χ2v) is 3.26. The first kappa shape index (κ1) is 8.31. The molecule has 0 spiro atoms. The Balaban J connectivity index is 2.45. The van der Waals surface area contributed by atoms with Crippen molar-refractivity contribution in [2.45, 2.75) is 25.7 Å². The molecule has 2 atom stereocenters. The Kier molecular flexibility index (Phi) is 2.69. The van der Waals surface area contributed by atoms with E-state index in [1.807, 2.05) is 6.08 Å². The lowest BCUT2D eigenvalue weighted by Crippen LogP contribution is -2.27. The molecule has 0 saturated heterocycles. The molecule has 0 radical (unpaired) electrons. The molecule has 0 aromatic heterocycles. The summed E-state index contributed by atoms with van der Waals surface area (Å²) in [5.41, 5.74) is 5.21. The van der Waals surface area contributed by atoms with Crippen LogP contribution in [-0.2, 0) is 4.79 Å². The molecule has 2 unspecified atom stereocenters. The van der Waals surface area contributed by atoms with Crippen molar-refractivity contribution in [2.75, 3.05) is 0 Å². The Bertz CT molecular complexity index is 165. The predicted molar refractivity (Wildman–Crippen MR) is 44.8 cm³/mol. The lowest BCUT2D eigenvalue weighted by atomic mass is 9.81. The Morgan fingerprint density at radius 3 is 2.82 bits per heavy atom. The van der Waals surface area contributed by atoms with Gasteiger partial charge in [0.05, 0.1) is 0 Å². The number of carbonyl (C=O) groups excluding carboxylic acids is 1. The summed E-state index contributed by atoms with van der Waals surface area (Å²) in [6, 6.07) is 0. The van der Waals surface area contributed by atoms with Crippen molar-refractivity contribution in [1.29, 1.82) is 0 Å². The van der Waals surface area contributed by atoms with Crippen molar-refractivity contribution in [3.8, 4) is 0 Å². The van der Waals surface area contributed by atoms with Gasteiger partial charge in [-0.15, -0.1) is 6.58 Å². The lowest BCUT2D eigenvalue weighted by Gasteiger charge is -2.24. The largest absolute Gasteiger partial charge is 0.369 e. The second-order valence-electron chi connectivity index (χ2n) is 3.26. The second kappa shape index (κ2) is 3.56. The van der Waals surface area contributed by atoms with Gasteiger partial charge in [0.25, 0.3) is 0 Å². The summed E-state index contributed by atoms with van der Waals surface area (Å²) in [5.74, 6) is 0.476. The SMILES string of the molecule is C=CC1CCCC(C(N)=O)C1. The number of hydrogen-bond acceptors (Lipinski definition) is 1. The minimum absolute atomic E-state index is 0.103. The third-order valence-electron chi connectivity index (χ3n) is 2.45. The molecule has 2 nitrogen and oxygen atoms in total. The summed E-state index contributed by atoms with van der Waals surface area (Å²) >= 11 is 0. The molecular weight excluding hydrogens is 138 g/mol. The zero-order valence-electron chi connectivity index (χ0n) is 6.75. The predicted octanol–water partition coefficient (Wildman–Crippen LogP) is 1.46. The van der Waals surface area contributed by atoms with Gasteiger partial charge in [0.1, 0.15) is 0 Å². The highest BCUT2D eigenvalue weighted by atomic mass is 16.1. The van der Waals surface area contributed by atoms with Crippen molar-refractivity contribution in [1.82, 2.24) is 0 Å². The van der Waals surface area contributed by atoms with E-state index in [0.717, 1.165) is 19.3 Å². The Hall–Kier alpha value is -0.790. The monoisotopic (exact) mass is 153 g/mol. The van der Waals surface area contributed by atoms with Crippen LogP contribution in [0.15, 0.2) is 12.7 Å². The molecule has 2 heteroatoms. The summed E-state index contributed by atoms with van der Waals surface area (Å²) in [6.45, 7) is 3.73. The van der Waals surface area contributed by atoms with E-state index in [4.69, 9.17) is 5.73 Å². The minimum Gasteiger partial charge on any atom is -0.369 e. The minimum atomic E-state index is -0.142. The standard InChI is InChI=1S/C9H15NO/c1-2-7-4-3-5-8(6-7)9(10)11/h2,7-8H,1,3-6H2,(H2,10,11). The van der Waals surface area contributed by atoms with Crippen LogP contribution in [0.2, 0.25) is 0 Å². The van der Waals surface area contributed by atoms with Crippen LogP contribution < -0.4 is 5.73 Å². The fourth-order valence-corrected chi connectivity index (χ4v) is 1.70. The lowest BCUT2D eigenvalue weighted by molar-refractivity contribution is -0.123. The molecule has 1 aliphatic rings. The van der Waals surface area contributed by atoms with Crippen molar-refractivity contribution in [3.63, 3.8) is 0 Å². The third-order valence-corrected chi connectivity index (χ3v) is 2.45. The maximum Gasteiger partial charge on any atom is 0.220 e. The van der Waals surface area contributed by atoms with E-state index in [1.165, 1.54) is 6.42 Å². The summed E-state index contributed by atoms with van der Waals surface area (Å²) in [4.78, 5) is 10.8. The molecule has 2 N–H and O–H groups in total. The summed E-state index contributed by atoms with van der Waals surface area (Å²) in [7, 11) is 0. The van der Waals surface area contributed by atoms with E-state index in [1.54, 1.807) is 0 Å². The van der Waals surface area contributed by atoms with Crippen molar-refractivity contribution in [3.05, 3.63) is 12.7 Å². The smallest absolute Gasteiger partial charge is 0.220 e. The summed E-state index contributed by atoms with van der Waals surface area (Å²) in [5, 5.41) is 0. The summed E-state index contributed by atoms with van der Waals surface area (Å²) in [6.07, 6.45) is 6.12. The van der Waals surface area contributed by atoms with Crippen molar-refractivity contribution in [2.24, 2.45) is 17.6 Å². The normalized spacial score (nSPS) is 31.3. The molecule has 1 aliphatic carbocycles. The van der Waals surface area contributed by atoms with Gasteiger partial charge in [-0.3, -0.25) is 4.79 Å². The number of hydrogen-bond donors (Lipinski definition) is 1. The number of nitrogens with two attached hydrogens (primary N) is 1. The van der Waals surface area contributed by atoms with Crippen LogP contribution in [0.25, 0.3) is 0 Å². The fourth-order valence-electron chi connectivity index (χ4n) is 1.70. The molecular formula is C9H15NO. The van der Waals surface area contributed by atoms with Crippen molar-refractivity contribution < 1.29 is 4.79 Å². The first-order valence-electron chi connectivity index (χ1n) is 4.16. The Labute approximate surface area is 67.5 Å². The van der Waals surface area contributed by atoms with E-state index in [-0.39, 0.29) is 11.8 Å². The van der Waals surface area contributed by atoms with Crippen LogP contribution in [-0.4, -0.2) is 5.91 Å². The number of amides is 1. The van der Waals surface area contributed by atoms with Gasteiger partial charge in [-0.05, 0) is 25.2 Å². The maximum absolute atomic E-state index is 10.8. The molecule has 0 heterocycles. The number of allylic oxidation sites excluding steroid dienone is 1. The highest BCUT2D eigenvalue weighted by molar-refractivity contribution is 5.76. The zero-order valence-corrected chi connectivity index (χ0v) is 6.75. The average molecular weight is 153 g/mol. The molecule has 0 aliphatic heterocycles. The van der Waals surface area contributed by atoms with Gasteiger partial charge < -0.3 is 5.73 Å². The Morgan fingerprint density at radius 2 is 2.27 bits per heavy atom. The van der Waals surface area contributed by atoms with Crippen LogP contribution in [0.3, 0.4) is 0 Å². The van der Waals surface area contributed by atoms with E-state index in [0.29, 0.717) is 5.92 Å². The number of rotatable bonds is 2. The quantitative estimate of drug-likeness (QED) is 0.600. The molecule has 1 fully saturated rings. The molecule has 0 bridgehead atoms. The first-order valence-corrected chi connectivity index (χ1v) is 4.16. The van der Waals surface area contributed by atoms with Gasteiger partial charge >= 0.3 is 0 Å². The molecule has 1 saturated carbocycles. The van der Waals surface area contributed by atoms with Crippen LogP contribution in [0.1, 0.15) is 25.7 Å². The zero-order chi connectivity index (χ0) is 8.27. The van der Waals surface area contributed by atoms with Gasteiger partial charge in [0, 0.05) is 5.92 Å². The van der Waals surface area contributed by atoms with Gasteiger partial charge in [0.15, 0.2) is 0 Å². The average Bonchev–Trinajstić information content (AvgIpc) is 2.05. The van der Waals surface area contributed by atoms with Crippen LogP contribution in [0.5, 0.6) is 0 Å². The molecule has 1 rings (SSSR count). The molecule has 62 valence electrons. The van der Waals surface area contributed by atoms with Gasteiger partial charge in [0.2, 0.25) is 5.91 Å². The van der Waals surface area contributed by atoms with Crippen LogP contribution in [0, 0.1) is 11.8 Å². The molecule has 1 amide bonds. The van der Waals surface area contributed by atoms with E-state index in [2.05, 4.69) is 6.58 Å².